The third kappa shape index (κ3) is 1.52. The summed E-state index contributed by atoms with van der Waals surface area (Å²) < 4.78 is 17.8. The topological polar surface area (TPSA) is 68.3 Å². The van der Waals surface area contributed by atoms with Gasteiger partial charge in [0.1, 0.15) is 17.8 Å². The lowest BCUT2D eigenvalue weighted by Gasteiger charge is -2.57. The van der Waals surface area contributed by atoms with Gasteiger partial charge in [-0.25, -0.2) is 0 Å². The van der Waals surface area contributed by atoms with Crippen molar-refractivity contribution in [1.82, 2.24) is 0 Å². The van der Waals surface area contributed by atoms with Crippen LogP contribution in [0.4, 0.5) is 0 Å². The lowest BCUT2D eigenvalue weighted by atomic mass is 9.52. The summed E-state index contributed by atoms with van der Waals surface area (Å²) in [7, 11) is 0. The van der Waals surface area contributed by atoms with Crippen molar-refractivity contribution in [1.29, 1.82) is 0 Å². The van der Waals surface area contributed by atoms with Gasteiger partial charge in [-0.15, -0.1) is 0 Å². The molecular weight excluding hydrogens is 284 g/mol. The molecule has 0 aromatic carbocycles. The first-order chi connectivity index (χ1) is 10.4. The fourth-order valence-electron chi connectivity index (χ4n) is 5.32. The van der Waals surface area contributed by atoms with E-state index < -0.39 is 5.60 Å². The maximum absolute atomic E-state index is 11.5. The summed E-state index contributed by atoms with van der Waals surface area (Å²) in [6, 6.07) is 0. The summed E-state index contributed by atoms with van der Waals surface area (Å²) >= 11 is 0. The number of esters is 1. The van der Waals surface area contributed by atoms with Gasteiger partial charge in [-0.3, -0.25) is 4.79 Å². The fourth-order valence-corrected chi connectivity index (χ4v) is 5.32. The van der Waals surface area contributed by atoms with Crippen LogP contribution in [-0.2, 0) is 19.0 Å². The molecule has 5 heteroatoms. The lowest BCUT2D eigenvalue weighted by Crippen LogP contribution is -2.64. The van der Waals surface area contributed by atoms with Crippen molar-refractivity contribution in [2.45, 2.75) is 63.9 Å². The average molecular weight is 308 g/mol. The highest BCUT2D eigenvalue weighted by Crippen LogP contribution is 2.71. The third-order valence-corrected chi connectivity index (χ3v) is 6.73. The van der Waals surface area contributed by atoms with E-state index in [0.29, 0.717) is 13.0 Å². The van der Waals surface area contributed by atoms with Gasteiger partial charge in [-0.2, -0.15) is 0 Å². The van der Waals surface area contributed by atoms with E-state index in [1.165, 1.54) is 12.5 Å². The first kappa shape index (κ1) is 14.7. The molecule has 0 aromatic heterocycles. The van der Waals surface area contributed by atoms with E-state index in [1.807, 2.05) is 0 Å². The molecule has 122 valence electrons. The summed E-state index contributed by atoms with van der Waals surface area (Å²) in [6.07, 6.45) is 4.06. The van der Waals surface area contributed by atoms with Crippen LogP contribution in [0.15, 0.2) is 11.6 Å². The molecule has 0 unspecified atom stereocenters. The van der Waals surface area contributed by atoms with Crippen LogP contribution in [0.1, 0.15) is 40.0 Å². The second-order valence-electron chi connectivity index (χ2n) is 7.67. The van der Waals surface area contributed by atoms with Crippen molar-refractivity contribution >= 4 is 5.97 Å². The molecule has 4 rings (SSSR count). The number of aliphatic hydroxyl groups is 1. The standard InChI is InChI=1S/C17H24O5/c1-10-4-5-16(8-18)13(6-10)22-14-12(21-11(2)19)7-15(16,3)17(14)9-20-17/h6,12-14,18H,4-5,7-9H2,1-3H3/t12-,13-,14-,15-,16-,17+/m1/s1. The molecule has 1 N–H and O–H groups in total. The van der Waals surface area contributed by atoms with Gasteiger partial charge in [-0.05, 0) is 26.2 Å². The summed E-state index contributed by atoms with van der Waals surface area (Å²) in [4.78, 5) is 11.5. The van der Waals surface area contributed by atoms with Gasteiger partial charge in [-0.1, -0.05) is 18.6 Å². The van der Waals surface area contributed by atoms with Crippen LogP contribution >= 0.6 is 0 Å². The minimum absolute atomic E-state index is 0.0720. The number of epoxide rings is 1. The highest BCUT2D eigenvalue weighted by molar-refractivity contribution is 5.66. The predicted molar refractivity (Wildman–Crippen MR) is 78.1 cm³/mol. The first-order valence-electron chi connectivity index (χ1n) is 8.13. The third-order valence-electron chi connectivity index (χ3n) is 6.73. The van der Waals surface area contributed by atoms with Crippen molar-refractivity contribution in [3.05, 3.63) is 11.6 Å². The number of hydrogen-bond acceptors (Lipinski definition) is 5. The quantitative estimate of drug-likeness (QED) is 0.476. The van der Waals surface area contributed by atoms with Crippen molar-refractivity contribution < 1.29 is 24.1 Å². The molecule has 2 aliphatic heterocycles. The highest BCUT2D eigenvalue weighted by Gasteiger charge is 2.81. The molecule has 4 aliphatic rings. The number of carbonyl (C=O) groups excluding carboxylic acids is 1. The van der Waals surface area contributed by atoms with Crippen molar-refractivity contribution in [3.63, 3.8) is 0 Å². The van der Waals surface area contributed by atoms with Crippen LogP contribution in [0, 0.1) is 10.8 Å². The van der Waals surface area contributed by atoms with Crippen LogP contribution in [0.3, 0.4) is 0 Å². The Balaban J connectivity index is 1.80. The molecule has 0 radical (unpaired) electrons. The van der Waals surface area contributed by atoms with E-state index in [0.717, 1.165) is 12.8 Å². The molecule has 6 atom stereocenters. The van der Waals surface area contributed by atoms with Crippen molar-refractivity contribution in [3.8, 4) is 0 Å². The van der Waals surface area contributed by atoms with Crippen LogP contribution in [0.5, 0.6) is 0 Å². The van der Waals surface area contributed by atoms with E-state index in [4.69, 9.17) is 14.2 Å². The zero-order valence-electron chi connectivity index (χ0n) is 13.4. The number of allylic oxidation sites excluding steroid dienone is 1. The summed E-state index contributed by atoms with van der Waals surface area (Å²) in [5, 5.41) is 10.3. The maximum Gasteiger partial charge on any atom is 0.302 e. The Hall–Kier alpha value is -0.910. The highest BCUT2D eigenvalue weighted by atomic mass is 16.7. The number of ether oxygens (including phenoxy) is 3. The molecule has 2 bridgehead atoms. The molecule has 2 aliphatic carbocycles. The number of hydrogen-bond donors (Lipinski definition) is 1. The first-order valence-corrected chi connectivity index (χ1v) is 8.13. The molecule has 2 saturated heterocycles. The number of fused-ring (bicyclic) bond motifs is 2. The lowest BCUT2D eigenvalue weighted by molar-refractivity contribution is -0.218. The smallest absolute Gasteiger partial charge is 0.302 e. The molecule has 2 heterocycles. The normalized spacial score (nSPS) is 52.2. The van der Waals surface area contributed by atoms with Crippen molar-refractivity contribution in [2.24, 2.45) is 10.8 Å². The maximum atomic E-state index is 11.5. The SMILES string of the molecule is CC(=O)O[C@@H]1C[C@]2(C)[C@@]3(CO)CCC(C)=C[C@H]3O[C@H]1[C@@]21CO1. The molecule has 22 heavy (non-hydrogen) atoms. The molecule has 3 fully saturated rings. The van der Waals surface area contributed by atoms with Gasteiger partial charge in [0.2, 0.25) is 0 Å². The van der Waals surface area contributed by atoms with Crippen LogP contribution in [0.25, 0.3) is 0 Å². The van der Waals surface area contributed by atoms with Crippen LogP contribution < -0.4 is 0 Å². The fraction of sp³-hybridized carbons (Fsp3) is 0.824. The number of carbonyl (C=O) groups is 1. The molecular formula is C17H24O5. The van der Waals surface area contributed by atoms with E-state index >= 15 is 0 Å². The second-order valence-corrected chi connectivity index (χ2v) is 7.67. The average Bonchev–Trinajstić information content (AvgIpc) is 3.21. The summed E-state index contributed by atoms with van der Waals surface area (Å²) in [5.74, 6) is -0.284. The van der Waals surface area contributed by atoms with E-state index in [1.54, 1.807) is 0 Å². The minimum Gasteiger partial charge on any atom is -0.460 e. The monoisotopic (exact) mass is 308 g/mol. The van der Waals surface area contributed by atoms with E-state index in [9.17, 15) is 9.90 Å². The van der Waals surface area contributed by atoms with Crippen LogP contribution in [-0.4, -0.2) is 48.2 Å². The molecule has 0 aromatic rings. The van der Waals surface area contributed by atoms with Gasteiger partial charge in [0.05, 0.1) is 19.3 Å². The minimum atomic E-state index is -0.397. The Morgan fingerprint density at radius 2 is 2.27 bits per heavy atom. The van der Waals surface area contributed by atoms with Gasteiger partial charge in [0, 0.05) is 17.8 Å². The summed E-state index contributed by atoms with van der Waals surface area (Å²) in [5.41, 5.74) is 0.313. The Kier molecular flexibility index (Phi) is 2.89. The zero-order chi connectivity index (χ0) is 15.8. The number of aliphatic hydroxyl groups excluding tert-OH is 1. The molecule has 0 amide bonds. The zero-order valence-corrected chi connectivity index (χ0v) is 13.4. The molecule has 1 spiro atoms. The Morgan fingerprint density at radius 1 is 1.55 bits per heavy atom. The second kappa shape index (κ2) is 4.34. The Labute approximate surface area is 130 Å². The van der Waals surface area contributed by atoms with Gasteiger partial charge >= 0.3 is 5.97 Å². The largest absolute Gasteiger partial charge is 0.460 e. The van der Waals surface area contributed by atoms with Gasteiger partial charge in [0.25, 0.3) is 0 Å². The van der Waals surface area contributed by atoms with Crippen LogP contribution in [0.2, 0.25) is 0 Å². The van der Waals surface area contributed by atoms with E-state index in [2.05, 4.69) is 19.9 Å². The van der Waals surface area contributed by atoms with Crippen molar-refractivity contribution in [2.75, 3.05) is 13.2 Å². The Bertz CT molecular complexity index is 551. The van der Waals surface area contributed by atoms with E-state index in [-0.39, 0.29) is 41.7 Å². The van der Waals surface area contributed by atoms with Gasteiger partial charge < -0.3 is 19.3 Å². The predicted octanol–water partition coefficient (Wildman–Crippen LogP) is 1.58. The Morgan fingerprint density at radius 3 is 2.86 bits per heavy atom. The summed E-state index contributed by atoms with van der Waals surface area (Å²) in [6.45, 7) is 6.43. The molecule has 1 saturated carbocycles. The van der Waals surface area contributed by atoms with Gasteiger partial charge in [0.15, 0.2) is 0 Å². The molecule has 5 nitrogen and oxygen atoms in total. The number of rotatable bonds is 2.